The molecule has 1 fully saturated rings. The number of fused-ring (bicyclic) bond motifs is 1. The number of nitrogens with zero attached hydrogens (tertiary/aromatic N) is 5. The predicted molar refractivity (Wildman–Crippen MR) is 125 cm³/mol. The number of anilines is 1. The lowest BCUT2D eigenvalue weighted by molar-refractivity contribution is -0.130. The van der Waals surface area contributed by atoms with Gasteiger partial charge in [-0.05, 0) is 43.7 Å². The molecule has 2 aromatic carbocycles. The molecule has 3 heterocycles. The molecule has 0 spiro atoms. The van der Waals surface area contributed by atoms with Gasteiger partial charge in [0.2, 0.25) is 5.91 Å². The Labute approximate surface area is 189 Å². The van der Waals surface area contributed by atoms with Gasteiger partial charge in [0.25, 0.3) is 0 Å². The van der Waals surface area contributed by atoms with Crippen molar-refractivity contribution in [1.82, 2.24) is 19.7 Å². The summed E-state index contributed by atoms with van der Waals surface area (Å²) in [6.07, 6.45) is 0.299. The maximum Gasteiger partial charge on any atom is 0.227 e. The number of benzene rings is 2. The van der Waals surface area contributed by atoms with E-state index >= 15 is 0 Å². The highest BCUT2D eigenvalue weighted by atomic mass is 32.1. The predicted octanol–water partition coefficient (Wildman–Crippen LogP) is 4.13. The van der Waals surface area contributed by atoms with Crippen LogP contribution in [0.15, 0.2) is 48.5 Å². The van der Waals surface area contributed by atoms with E-state index in [9.17, 15) is 9.18 Å². The van der Waals surface area contributed by atoms with Crippen LogP contribution in [0.25, 0.3) is 16.0 Å². The summed E-state index contributed by atoms with van der Waals surface area (Å²) in [6, 6.07) is 14.4. The number of carbonyl (C=O) groups is 1. The van der Waals surface area contributed by atoms with Crippen molar-refractivity contribution in [2.45, 2.75) is 20.3 Å². The standard InChI is InChI=1S/C24H24FN5OS/c1-16-3-9-20(10-4-16)30-23-22(17(2)27-30)32-24(26-23)29-13-11-28(12-14-29)21(31)15-18-5-7-19(25)8-6-18/h3-10H,11-15H2,1-2H3. The number of aromatic nitrogens is 3. The highest BCUT2D eigenvalue weighted by molar-refractivity contribution is 7.22. The number of rotatable bonds is 4. The zero-order valence-electron chi connectivity index (χ0n) is 18.1. The highest BCUT2D eigenvalue weighted by Gasteiger charge is 2.25. The topological polar surface area (TPSA) is 54.3 Å². The van der Waals surface area contributed by atoms with Crippen LogP contribution in [0.3, 0.4) is 0 Å². The van der Waals surface area contributed by atoms with E-state index in [0.29, 0.717) is 19.5 Å². The SMILES string of the molecule is Cc1ccc(-n2nc(C)c3sc(N4CCN(C(=O)Cc5ccc(F)cc5)CC4)nc32)cc1. The lowest BCUT2D eigenvalue weighted by Gasteiger charge is -2.34. The molecule has 6 nitrogen and oxygen atoms in total. The second-order valence-corrected chi connectivity index (χ2v) is 9.13. The molecule has 0 aliphatic carbocycles. The fraction of sp³-hybridized carbons (Fsp3) is 0.292. The first-order valence-corrected chi connectivity index (χ1v) is 11.5. The van der Waals surface area contributed by atoms with Crippen LogP contribution in [0.1, 0.15) is 16.8 Å². The zero-order chi connectivity index (χ0) is 22.2. The zero-order valence-corrected chi connectivity index (χ0v) is 18.9. The number of halogens is 1. The van der Waals surface area contributed by atoms with Crippen LogP contribution >= 0.6 is 11.3 Å². The third kappa shape index (κ3) is 3.98. The van der Waals surface area contributed by atoms with Gasteiger partial charge >= 0.3 is 0 Å². The van der Waals surface area contributed by atoms with Crippen LogP contribution in [-0.4, -0.2) is 51.8 Å². The maximum absolute atomic E-state index is 13.1. The van der Waals surface area contributed by atoms with E-state index in [-0.39, 0.29) is 11.7 Å². The van der Waals surface area contributed by atoms with Gasteiger partial charge in [-0.3, -0.25) is 4.79 Å². The average molecular weight is 450 g/mol. The van der Waals surface area contributed by atoms with Crippen molar-refractivity contribution in [2.75, 3.05) is 31.1 Å². The van der Waals surface area contributed by atoms with E-state index in [0.717, 1.165) is 45.5 Å². The Morgan fingerprint density at radius 1 is 1.00 bits per heavy atom. The van der Waals surface area contributed by atoms with Gasteiger partial charge in [-0.15, -0.1) is 0 Å². The molecule has 2 aromatic heterocycles. The molecule has 5 rings (SSSR count). The molecule has 0 unspecified atom stereocenters. The molecule has 4 aromatic rings. The summed E-state index contributed by atoms with van der Waals surface area (Å²) >= 11 is 1.66. The van der Waals surface area contributed by atoms with Crippen molar-refractivity contribution in [3.05, 3.63) is 71.2 Å². The minimum Gasteiger partial charge on any atom is -0.344 e. The van der Waals surface area contributed by atoms with Gasteiger partial charge in [0, 0.05) is 26.2 Å². The molecule has 0 bridgehead atoms. The summed E-state index contributed by atoms with van der Waals surface area (Å²) in [5, 5.41) is 5.65. The van der Waals surface area contributed by atoms with E-state index in [1.807, 2.05) is 16.5 Å². The molecule has 0 N–H and O–H groups in total. The summed E-state index contributed by atoms with van der Waals surface area (Å²) in [5.41, 5.74) is 4.89. The third-order valence-corrected chi connectivity index (χ3v) is 7.04. The third-order valence-electron chi connectivity index (χ3n) is 5.83. The fourth-order valence-electron chi connectivity index (χ4n) is 3.96. The number of piperazine rings is 1. The van der Waals surface area contributed by atoms with Crippen molar-refractivity contribution in [1.29, 1.82) is 0 Å². The lowest BCUT2D eigenvalue weighted by Crippen LogP contribution is -2.49. The van der Waals surface area contributed by atoms with Gasteiger partial charge in [0.1, 0.15) is 5.82 Å². The van der Waals surface area contributed by atoms with Gasteiger partial charge < -0.3 is 9.80 Å². The van der Waals surface area contributed by atoms with Crippen molar-refractivity contribution in [3.8, 4) is 5.69 Å². The number of hydrogen-bond acceptors (Lipinski definition) is 5. The second-order valence-electron chi connectivity index (χ2n) is 8.15. The Hall–Kier alpha value is -3.26. The first-order chi connectivity index (χ1) is 15.5. The molecular weight excluding hydrogens is 425 g/mol. The van der Waals surface area contributed by atoms with Gasteiger partial charge in [0.05, 0.1) is 22.5 Å². The monoisotopic (exact) mass is 449 g/mol. The van der Waals surface area contributed by atoms with Crippen LogP contribution in [0.4, 0.5) is 9.52 Å². The molecule has 32 heavy (non-hydrogen) atoms. The summed E-state index contributed by atoms with van der Waals surface area (Å²) in [5.74, 6) is -0.210. The largest absolute Gasteiger partial charge is 0.344 e. The Morgan fingerprint density at radius 2 is 1.69 bits per heavy atom. The summed E-state index contributed by atoms with van der Waals surface area (Å²) in [7, 11) is 0. The summed E-state index contributed by atoms with van der Waals surface area (Å²) in [4.78, 5) is 21.7. The first-order valence-electron chi connectivity index (χ1n) is 10.7. The number of hydrogen-bond donors (Lipinski definition) is 0. The Bertz CT molecular complexity index is 1250. The Kier molecular flexibility index (Phi) is 5.38. The normalized spacial score (nSPS) is 14.3. The van der Waals surface area contributed by atoms with E-state index in [2.05, 4.69) is 41.2 Å². The van der Waals surface area contributed by atoms with Gasteiger partial charge in [-0.1, -0.05) is 41.2 Å². The molecule has 1 aliphatic heterocycles. The second kappa shape index (κ2) is 8.35. The number of thiazole rings is 1. The average Bonchev–Trinajstić information content (AvgIpc) is 3.37. The minimum absolute atomic E-state index is 0.0754. The highest BCUT2D eigenvalue weighted by Crippen LogP contribution is 2.33. The van der Waals surface area contributed by atoms with E-state index < -0.39 is 0 Å². The van der Waals surface area contributed by atoms with E-state index in [1.165, 1.54) is 17.7 Å². The summed E-state index contributed by atoms with van der Waals surface area (Å²) in [6.45, 7) is 6.86. The van der Waals surface area contributed by atoms with Crippen molar-refractivity contribution in [2.24, 2.45) is 0 Å². The molecule has 8 heteroatoms. The maximum atomic E-state index is 13.1. The Morgan fingerprint density at radius 3 is 2.38 bits per heavy atom. The molecule has 1 amide bonds. The lowest BCUT2D eigenvalue weighted by atomic mass is 10.1. The van der Waals surface area contributed by atoms with Crippen LogP contribution < -0.4 is 4.90 Å². The Balaban J connectivity index is 1.29. The van der Waals surface area contributed by atoms with Crippen molar-refractivity contribution >= 4 is 32.7 Å². The van der Waals surface area contributed by atoms with Crippen LogP contribution in [-0.2, 0) is 11.2 Å². The van der Waals surface area contributed by atoms with Crippen molar-refractivity contribution < 1.29 is 9.18 Å². The van der Waals surface area contributed by atoms with Crippen LogP contribution in [0.2, 0.25) is 0 Å². The van der Waals surface area contributed by atoms with Crippen molar-refractivity contribution in [3.63, 3.8) is 0 Å². The van der Waals surface area contributed by atoms with Gasteiger partial charge in [-0.25, -0.2) is 9.07 Å². The number of amides is 1. The molecule has 0 atom stereocenters. The number of aryl methyl sites for hydroxylation is 2. The molecule has 164 valence electrons. The molecule has 0 radical (unpaired) electrons. The molecule has 1 aliphatic rings. The van der Waals surface area contributed by atoms with E-state index in [4.69, 9.17) is 4.98 Å². The smallest absolute Gasteiger partial charge is 0.227 e. The van der Waals surface area contributed by atoms with Crippen LogP contribution in [0.5, 0.6) is 0 Å². The fourth-order valence-corrected chi connectivity index (χ4v) is 5.00. The minimum atomic E-state index is -0.286. The van der Waals surface area contributed by atoms with Gasteiger partial charge in [-0.2, -0.15) is 10.1 Å². The molecule has 1 saturated heterocycles. The quantitative estimate of drug-likeness (QED) is 0.470. The van der Waals surface area contributed by atoms with E-state index in [1.54, 1.807) is 23.5 Å². The van der Waals surface area contributed by atoms with Crippen LogP contribution in [0, 0.1) is 19.7 Å². The van der Waals surface area contributed by atoms with Gasteiger partial charge in [0.15, 0.2) is 10.8 Å². The molecule has 0 saturated carbocycles. The first kappa shape index (κ1) is 20.6. The summed E-state index contributed by atoms with van der Waals surface area (Å²) < 4.78 is 16.1. The molecular formula is C24H24FN5OS. The number of carbonyl (C=O) groups excluding carboxylic acids is 1.